The summed E-state index contributed by atoms with van der Waals surface area (Å²) in [5.41, 5.74) is 1.99. The van der Waals surface area contributed by atoms with Crippen molar-refractivity contribution in [1.82, 2.24) is 5.32 Å². The first-order chi connectivity index (χ1) is 7.29. The highest BCUT2D eigenvalue weighted by molar-refractivity contribution is 6.00. The number of nitrogens with one attached hydrogen (secondary N) is 1. The highest BCUT2D eigenvalue weighted by Gasteiger charge is 2.24. The molecule has 0 radical (unpaired) electrons. The quantitative estimate of drug-likeness (QED) is 0.731. The lowest BCUT2D eigenvalue weighted by molar-refractivity contribution is -0.116. The Morgan fingerprint density at radius 2 is 2.13 bits per heavy atom. The van der Waals surface area contributed by atoms with Crippen molar-refractivity contribution in [1.29, 1.82) is 0 Å². The van der Waals surface area contributed by atoms with Crippen LogP contribution in [-0.4, -0.2) is 11.9 Å². The van der Waals surface area contributed by atoms with Gasteiger partial charge in [-0.25, -0.2) is 0 Å². The Morgan fingerprint density at radius 3 is 2.73 bits per heavy atom. The van der Waals surface area contributed by atoms with Crippen molar-refractivity contribution in [2.75, 3.05) is 0 Å². The second-order valence-electron chi connectivity index (χ2n) is 3.86. The zero-order valence-corrected chi connectivity index (χ0v) is 8.86. The van der Waals surface area contributed by atoms with Crippen LogP contribution in [0, 0.1) is 0 Å². The zero-order chi connectivity index (χ0) is 10.7. The lowest BCUT2D eigenvalue weighted by Gasteiger charge is -2.02. The summed E-state index contributed by atoms with van der Waals surface area (Å²) in [6.45, 7) is 2.09. The SMILES string of the molecule is CCC1C/C(=C\c2ccccc2)C(=O)N1. The average molecular weight is 201 g/mol. The van der Waals surface area contributed by atoms with Crippen LogP contribution in [0.3, 0.4) is 0 Å². The van der Waals surface area contributed by atoms with Crippen LogP contribution >= 0.6 is 0 Å². The predicted molar refractivity (Wildman–Crippen MR) is 61.3 cm³/mol. The Bertz CT molecular complexity index is 381. The van der Waals surface area contributed by atoms with Gasteiger partial charge in [-0.1, -0.05) is 37.3 Å². The number of benzene rings is 1. The smallest absolute Gasteiger partial charge is 0.247 e. The fraction of sp³-hybridized carbons (Fsp3) is 0.308. The average Bonchev–Trinajstić information content (AvgIpc) is 2.61. The summed E-state index contributed by atoms with van der Waals surface area (Å²) in [5, 5.41) is 2.97. The fourth-order valence-electron chi connectivity index (χ4n) is 1.81. The van der Waals surface area contributed by atoms with Crippen molar-refractivity contribution in [3.05, 3.63) is 41.5 Å². The van der Waals surface area contributed by atoms with E-state index in [1.165, 1.54) is 0 Å². The van der Waals surface area contributed by atoms with Gasteiger partial charge < -0.3 is 5.32 Å². The van der Waals surface area contributed by atoms with E-state index in [4.69, 9.17) is 0 Å². The van der Waals surface area contributed by atoms with E-state index >= 15 is 0 Å². The molecule has 1 aromatic carbocycles. The molecular formula is C13H15NO. The molecule has 1 N–H and O–H groups in total. The maximum absolute atomic E-state index is 11.6. The van der Waals surface area contributed by atoms with Crippen molar-refractivity contribution >= 4 is 12.0 Å². The molecule has 1 aliphatic heterocycles. The van der Waals surface area contributed by atoms with E-state index in [1.807, 2.05) is 36.4 Å². The van der Waals surface area contributed by atoms with Crippen molar-refractivity contribution in [3.63, 3.8) is 0 Å². The molecule has 0 spiro atoms. The number of hydrogen-bond acceptors (Lipinski definition) is 1. The summed E-state index contributed by atoms with van der Waals surface area (Å²) in [4.78, 5) is 11.6. The first-order valence-electron chi connectivity index (χ1n) is 5.36. The monoisotopic (exact) mass is 201 g/mol. The maximum atomic E-state index is 11.6. The van der Waals surface area contributed by atoms with Crippen LogP contribution in [0.25, 0.3) is 6.08 Å². The molecule has 0 aromatic heterocycles. The van der Waals surface area contributed by atoms with Gasteiger partial charge in [-0.05, 0) is 24.5 Å². The predicted octanol–water partition coefficient (Wildman–Crippen LogP) is 2.37. The molecule has 0 aliphatic carbocycles. The van der Waals surface area contributed by atoms with Gasteiger partial charge in [0.2, 0.25) is 5.91 Å². The van der Waals surface area contributed by atoms with E-state index in [1.54, 1.807) is 0 Å². The topological polar surface area (TPSA) is 29.1 Å². The summed E-state index contributed by atoms with van der Waals surface area (Å²) in [5.74, 6) is 0.0886. The third-order valence-electron chi connectivity index (χ3n) is 2.73. The normalized spacial score (nSPS) is 23.1. The highest BCUT2D eigenvalue weighted by atomic mass is 16.2. The van der Waals surface area contributed by atoms with Crippen LogP contribution in [0.15, 0.2) is 35.9 Å². The number of amides is 1. The summed E-state index contributed by atoms with van der Waals surface area (Å²) in [7, 11) is 0. The molecular weight excluding hydrogens is 186 g/mol. The molecule has 15 heavy (non-hydrogen) atoms. The van der Waals surface area contributed by atoms with Gasteiger partial charge >= 0.3 is 0 Å². The molecule has 1 unspecified atom stereocenters. The Morgan fingerprint density at radius 1 is 1.40 bits per heavy atom. The van der Waals surface area contributed by atoms with Crippen LogP contribution < -0.4 is 5.32 Å². The summed E-state index contributed by atoms with van der Waals surface area (Å²) < 4.78 is 0. The minimum absolute atomic E-state index is 0.0886. The van der Waals surface area contributed by atoms with Crippen LogP contribution in [0.1, 0.15) is 25.3 Å². The van der Waals surface area contributed by atoms with Crippen LogP contribution in [0.2, 0.25) is 0 Å². The summed E-state index contributed by atoms with van der Waals surface area (Å²) >= 11 is 0. The lowest BCUT2D eigenvalue weighted by atomic mass is 10.1. The third-order valence-corrected chi connectivity index (χ3v) is 2.73. The van der Waals surface area contributed by atoms with Gasteiger partial charge in [0.1, 0.15) is 0 Å². The van der Waals surface area contributed by atoms with Gasteiger partial charge in [-0.15, -0.1) is 0 Å². The fourth-order valence-corrected chi connectivity index (χ4v) is 1.81. The number of hydrogen-bond donors (Lipinski definition) is 1. The molecule has 1 atom stereocenters. The Labute approximate surface area is 90.0 Å². The highest BCUT2D eigenvalue weighted by Crippen LogP contribution is 2.19. The molecule has 1 heterocycles. The van der Waals surface area contributed by atoms with Crippen molar-refractivity contribution in [2.45, 2.75) is 25.8 Å². The van der Waals surface area contributed by atoms with Crippen LogP contribution in [-0.2, 0) is 4.79 Å². The molecule has 78 valence electrons. The molecule has 2 heteroatoms. The standard InChI is InChI=1S/C13H15NO/c1-2-12-9-11(13(15)14-12)8-10-6-4-3-5-7-10/h3-8,12H,2,9H2,1H3,(H,14,15)/b11-8+. The van der Waals surface area contributed by atoms with Crippen molar-refractivity contribution in [2.24, 2.45) is 0 Å². The first-order valence-corrected chi connectivity index (χ1v) is 5.36. The van der Waals surface area contributed by atoms with E-state index in [9.17, 15) is 4.79 Å². The molecule has 2 rings (SSSR count). The maximum Gasteiger partial charge on any atom is 0.247 e. The van der Waals surface area contributed by atoms with E-state index in [-0.39, 0.29) is 5.91 Å². The van der Waals surface area contributed by atoms with Crippen molar-refractivity contribution < 1.29 is 4.79 Å². The lowest BCUT2D eigenvalue weighted by Crippen LogP contribution is -2.24. The van der Waals surface area contributed by atoms with Crippen LogP contribution in [0.5, 0.6) is 0 Å². The Kier molecular flexibility index (Phi) is 2.86. The summed E-state index contributed by atoms with van der Waals surface area (Å²) in [6, 6.07) is 10.3. The number of carbonyl (C=O) groups is 1. The minimum atomic E-state index is 0.0886. The molecule has 0 bridgehead atoms. The van der Waals surface area contributed by atoms with Crippen LogP contribution in [0.4, 0.5) is 0 Å². The van der Waals surface area contributed by atoms with Gasteiger partial charge in [-0.2, -0.15) is 0 Å². The van der Waals surface area contributed by atoms with Gasteiger partial charge in [0.15, 0.2) is 0 Å². The second-order valence-corrected chi connectivity index (χ2v) is 3.86. The molecule has 2 nitrogen and oxygen atoms in total. The second kappa shape index (κ2) is 4.30. The van der Waals surface area contributed by atoms with Gasteiger partial charge in [-0.3, -0.25) is 4.79 Å². The van der Waals surface area contributed by atoms with E-state index in [2.05, 4.69) is 12.2 Å². The van der Waals surface area contributed by atoms with Crippen molar-refractivity contribution in [3.8, 4) is 0 Å². The minimum Gasteiger partial charge on any atom is -0.349 e. The summed E-state index contributed by atoms with van der Waals surface area (Å²) in [6.07, 6.45) is 3.83. The molecule has 1 fully saturated rings. The van der Waals surface area contributed by atoms with E-state index < -0.39 is 0 Å². The number of rotatable bonds is 2. The molecule has 1 saturated heterocycles. The number of carbonyl (C=O) groups excluding carboxylic acids is 1. The third kappa shape index (κ3) is 2.27. The van der Waals surface area contributed by atoms with E-state index in [0.717, 1.165) is 24.0 Å². The van der Waals surface area contributed by atoms with E-state index in [0.29, 0.717) is 6.04 Å². The molecule has 1 amide bonds. The zero-order valence-electron chi connectivity index (χ0n) is 8.86. The first kappa shape index (κ1) is 9.97. The largest absolute Gasteiger partial charge is 0.349 e. The van der Waals surface area contributed by atoms with Gasteiger partial charge in [0.25, 0.3) is 0 Å². The van der Waals surface area contributed by atoms with Gasteiger partial charge in [0, 0.05) is 11.6 Å². The Hall–Kier alpha value is -1.57. The molecule has 1 aromatic rings. The van der Waals surface area contributed by atoms with Gasteiger partial charge in [0.05, 0.1) is 0 Å². The molecule has 1 aliphatic rings. The molecule has 0 saturated carbocycles. The Balaban J connectivity index is 2.18.